The number of rotatable bonds is 5. The van der Waals surface area contributed by atoms with Crippen LogP contribution < -0.4 is 10.6 Å². The maximum absolute atomic E-state index is 12.7. The molecule has 0 aliphatic heterocycles. The van der Waals surface area contributed by atoms with Gasteiger partial charge in [0.15, 0.2) is 0 Å². The first kappa shape index (κ1) is 24.2. The van der Waals surface area contributed by atoms with Crippen molar-refractivity contribution >= 4 is 34.2 Å². The number of carbonyl (C=O) groups is 2. The second-order valence-electron chi connectivity index (χ2n) is 9.22. The Morgan fingerprint density at radius 1 is 0.947 bits per heavy atom. The molecule has 3 N–H and O–H groups in total. The van der Waals surface area contributed by atoms with Gasteiger partial charge in [-0.3, -0.25) is 9.59 Å². The highest BCUT2D eigenvalue weighted by Gasteiger charge is 2.23. The Kier molecular flexibility index (Phi) is 6.30. The number of nitrogens with zero attached hydrogens (tertiary/aromatic N) is 3. The fourth-order valence-corrected chi connectivity index (χ4v) is 4.02. The second-order valence-corrected chi connectivity index (χ2v) is 9.22. The number of hydrogen-bond acceptors (Lipinski definition) is 5. The van der Waals surface area contributed by atoms with Gasteiger partial charge in [-0.2, -0.15) is 10.5 Å². The van der Waals surface area contributed by atoms with Crippen LogP contribution in [-0.2, 0) is 4.79 Å². The maximum Gasteiger partial charge on any atom is 0.255 e. The number of aromatic nitrogens is 2. The van der Waals surface area contributed by atoms with Gasteiger partial charge < -0.3 is 15.6 Å². The number of carbonyl (C=O) groups excluding carboxylic acids is 2. The van der Waals surface area contributed by atoms with E-state index in [2.05, 4.69) is 26.7 Å². The number of imidazole rings is 1. The van der Waals surface area contributed by atoms with E-state index < -0.39 is 5.41 Å². The first-order chi connectivity index (χ1) is 18.4. The van der Waals surface area contributed by atoms with Crippen LogP contribution in [0.5, 0.6) is 0 Å². The van der Waals surface area contributed by atoms with Gasteiger partial charge in [-0.25, -0.2) is 4.98 Å². The Balaban J connectivity index is 1.26. The number of benzene rings is 3. The molecule has 1 aliphatic carbocycles. The highest BCUT2D eigenvalue weighted by Crippen LogP contribution is 2.29. The number of fused-ring (bicyclic) bond motifs is 1. The van der Waals surface area contributed by atoms with Gasteiger partial charge in [-0.1, -0.05) is 18.2 Å². The van der Waals surface area contributed by atoms with Crippen molar-refractivity contribution < 1.29 is 9.59 Å². The number of aromatic amines is 1. The van der Waals surface area contributed by atoms with Crippen LogP contribution in [0.1, 0.15) is 29.3 Å². The van der Waals surface area contributed by atoms with E-state index in [0.29, 0.717) is 40.3 Å². The summed E-state index contributed by atoms with van der Waals surface area (Å²) >= 11 is 0. The molecule has 1 aromatic heterocycles. The fraction of sp³-hybridized carbons (Fsp3) is 0.100. The van der Waals surface area contributed by atoms with Crippen LogP contribution in [-0.4, -0.2) is 21.8 Å². The standard InChI is InChI=1S/C30H22N6O2/c1-30(18-32)14-12-22(13-15-30)29(38)34-24-10-11-25-26(16-24)36-27(35-25)20-6-8-23(9-7-20)33-28(37)21-4-2-19(17-31)3-5-21/h2-14,16H,15H2,1H3,(H,33,37)(H,34,38)(H,35,36). The summed E-state index contributed by atoms with van der Waals surface area (Å²) in [7, 11) is 0. The van der Waals surface area contributed by atoms with Gasteiger partial charge in [-0.15, -0.1) is 0 Å². The van der Waals surface area contributed by atoms with E-state index >= 15 is 0 Å². The predicted molar refractivity (Wildman–Crippen MR) is 145 cm³/mol. The molecule has 5 rings (SSSR count). The minimum Gasteiger partial charge on any atom is -0.338 e. The summed E-state index contributed by atoms with van der Waals surface area (Å²) in [5.41, 5.74) is 4.50. The van der Waals surface area contributed by atoms with E-state index in [1.807, 2.05) is 37.3 Å². The molecule has 0 spiro atoms. The van der Waals surface area contributed by atoms with Gasteiger partial charge >= 0.3 is 0 Å². The minimum atomic E-state index is -0.580. The van der Waals surface area contributed by atoms with Crippen molar-refractivity contribution in [2.75, 3.05) is 10.6 Å². The zero-order valence-corrected chi connectivity index (χ0v) is 20.4. The van der Waals surface area contributed by atoms with Crippen molar-refractivity contribution in [1.29, 1.82) is 10.5 Å². The zero-order valence-electron chi connectivity index (χ0n) is 20.4. The van der Waals surface area contributed by atoms with E-state index in [4.69, 9.17) is 5.26 Å². The van der Waals surface area contributed by atoms with E-state index in [0.717, 1.165) is 16.6 Å². The molecule has 1 aliphatic rings. The first-order valence-corrected chi connectivity index (χ1v) is 11.9. The molecule has 0 radical (unpaired) electrons. The van der Waals surface area contributed by atoms with Crippen LogP contribution in [0, 0.1) is 28.1 Å². The summed E-state index contributed by atoms with van der Waals surface area (Å²) in [5, 5.41) is 23.9. The third-order valence-electron chi connectivity index (χ3n) is 6.33. The molecule has 8 nitrogen and oxygen atoms in total. The Hall–Kier alpha value is -5.47. The largest absolute Gasteiger partial charge is 0.338 e. The van der Waals surface area contributed by atoms with Crippen LogP contribution in [0.15, 0.2) is 90.5 Å². The molecule has 0 saturated heterocycles. The Bertz CT molecular complexity index is 1700. The monoisotopic (exact) mass is 498 g/mol. The Morgan fingerprint density at radius 3 is 2.32 bits per heavy atom. The number of anilines is 2. The lowest BCUT2D eigenvalue weighted by Gasteiger charge is -2.19. The van der Waals surface area contributed by atoms with E-state index in [1.165, 1.54) is 0 Å². The van der Waals surface area contributed by atoms with E-state index in [-0.39, 0.29) is 11.8 Å². The lowest BCUT2D eigenvalue weighted by atomic mass is 9.83. The molecule has 3 aromatic carbocycles. The predicted octanol–water partition coefficient (Wildman–Crippen LogP) is 5.71. The maximum atomic E-state index is 12.7. The number of H-pyrrole nitrogens is 1. The smallest absolute Gasteiger partial charge is 0.255 e. The second kappa shape index (κ2) is 9.88. The van der Waals surface area contributed by atoms with Gasteiger partial charge in [0.05, 0.1) is 34.2 Å². The summed E-state index contributed by atoms with van der Waals surface area (Å²) in [6, 6.07) is 23.4. The molecule has 38 heavy (non-hydrogen) atoms. The molecular weight excluding hydrogens is 476 g/mol. The van der Waals surface area contributed by atoms with Crippen molar-refractivity contribution in [3.8, 4) is 23.5 Å². The van der Waals surface area contributed by atoms with Crippen molar-refractivity contribution in [1.82, 2.24) is 9.97 Å². The van der Waals surface area contributed by atoms with Crippen LogP contribution in [0.2, 0.25) is 0 Å². The lowest BCUT2D eigenvalue weighted by molar-refractivity contribution is -0.112. The van der Waals surface area contributed by atoms with Crippen molar-refractivity contribution in [3.63, 3.8) is 0 Å². The van der Waals surface area contributed by atoms with Crippen molar-refractivity contribution in [2.45, 2.75) is 13.3 Å². The average molecular weight is 499 g/mol. The van der Waals surface area contributed by atoms with Gasteiger partial charge in [-0.05, 0) is 80.1 Å². The number of amides is 2. The zero-order chi connectivity index (χ0) is 26.7. The summed E-state index contributed by atoms with van der Waals surface area (Å²) < 4.78 is 0. The van der Waals surface area contributed by atoms with E-state index in [9.17, 15) is 14.9 Å². The molecule has 0 bridgehead atoms. The molecule has 1 unspecified atom stereocenters. The summed E-state index contributed by atoms with van der Waals surface area (Å²) in [4.78, 5) is 33.1. The van der Waals surface area contributed by atoms with Gasteiger partial charge in [0, 0.05) is 28.1 Å². The summed E-state index contributed by atoms with van der Waals surface area (Å²) in [5.74, 6) is 0.153. The summed E-state index contributed by atoms with van der Waals surface area (Å²) in [6.07, 6.45) is 5.72. The van der Waals surface area contributed by atoms with Crippen LogP contribution in [0.3, 0.4) is 0 Å². The van der Waals surface area contributed by atoms with Gasteiger partial charge in [0.1, 0.15) is 5.82 Å². The number of nitrogens with one attached hydrogen (secondary N) is 3. The lowest BCUT2D eigenvalue weighted by Crippen LogP contribution is -2.18. The Morgan fingerprint density at radius 2 is 1.66 bits per heavy atom. The molecule has 0 fully saturated rings. The third-order valence-corrected chi connectivity index (χ3v) is 6.33. The molecule has 1 atom stereocenters. The molecule has 8 heteroatoms. The van der Waals surface area contributed by atoms with Crippen LogP contribution in [0.25, 0.3) is 22.4 Å². The minimum absolute atomic E-state index is 0.237. The topological polar surface area (TPSA) is 134 Å². The first-order valence-electron chi connectivity index (χ1n) is 11.9. The van der Waals surface area contributed by atoms with Crippen LogP contribution in [0.4, 0.5) is 11.4 Å². The molecule has 4 aromatic rings. The third kappa shape index (κ3) is 5.06. The molecule has 1 heterocycles. The highest BCUT2D eigenvalue weighted by atomic mass is 16.2. The molecule has 2 amide bonds. The summed E-state index contributed by atoms with van der Waals surface area (Å²) in [6.45, 7) is 1.83. The molecule has 0 saturated carbocycles. The quantitative estimate of drug-likeness (QED) is 0.324. The average Bonchev–Trinajstić information content (AvgIpc) is 3.37. The number of allylic oxidation sites excluding steroid dienone is 2. The highest BCUT2D eigenvalue weighted by molar-refractivity contribution is 6.06. The Labute approximate surface area is 218 Å². The van der Waals surface area contributed by atoms with Gasteiger partial charge in [0.25, 0.3) is 11.8 Å². The van der Waals surface area contributed by atoms with E-state index in [1.54, 1.807) is 60.7 Å². The van der Waals surface area contributed by atoms with Gasteiger partial charge in [0.2, 0.25) is 0 Å². The fourth-order valence-electron chi connectivity index (χ4n) is 4.02. The number of nitriles is 2. The SMILES string of the molecule is CC1(C#N)C=CC(C(=O)Nc2ccc3nc(-c4ccc(NC(=O)c5ccc(C#N)cc5)cc4)[nH]c3c2)=CC1. The van der Waals surface area contributed by atoms with Crippen molar-refractivity contribution in [3.05, 3.63) is 102 Å². The van der Waals surface area contributed by atoms with Crippen molar-refractivity contribution in [2.24, 2.45) is 5.41 Å². The normalized spacial score (nSPS) is 16.2. The molecular formula is C30H22N6O2. The molecule has 184 valence electrons. The number of hydrogen-bond donors (Lipinski definition) is 3. The van der Waals surface area contributed by atoms with Crippen LogP contribution >= 0.6 is 0 Å².